The molecular formula is C11H24N2O. The third-order valence-electron chi connectivity index (χ3n) is 3.05. The normalized spacial score (nSPS) is 19.3. The van der Waals surface area contributed by atoms with Crippen molar-refractivity contribution in [2.75, 3.05) is 26.8 Å². The van der Waals surface area contributed by atoms with Gasteiger partial charge in [-0.25, -0.2) is 0 Å². The van der Waals surface area contributed by atoms with Gasteiger partial charge in [-0.05, 0) is 32.6 Å². The van der Waals surface area contributed by atoms with E-state index in [0.717, 1.165) is 25.6 Å². The molecule has 3 heteroatoms. The second-order valence-corrected chi connectivity index (χ2v) is 4.46. The molecule has 14 heavy (non-hydrogen) atoms. The monoisotopic (exact) mass is 200 g/mol. The van der Waals surface area contributed by atoms with Crippen LogP contribution in [0.1, 0.15) is 26.7 Å². The minimum absolute atomic E-state index is 0.569. The molecule has 0 amide bonds. The van der Waals surface area contributed by atoms with Gasteiger partial charge in [0.05, 0.1) is 6.61 Å². The zero-order valence-electron chi connectivity index (χ0n) is 9.70. The quantitative estimate of drug-likeness (QED) is 0.668. The number of methoxy groups -OCH3 is 1. The molecule has 1 aliphatic carbocycles. The van der Waals surface area contributed by atoms with Gasteiger partial charge < -0.3 is 10.5 Å². The van der Waals surface area contributed by atoms with Crippen LogP contribution < -0.4 is 5.73 Å². The standard InChI is InChI=1S/C11H24N2O/c1-9(2)13(6-7-14-3)11(8-12)10-4-5-10/h9-11H,4-8,12H2,1-3H3. The fraction of sp³-hybridized carbons (Fsp3) is 1.00. The lowest BCUT2D eigenvalue weighted by atomic mass is 10.1. The highest BCUT2D eigenvalue weighted by atomic mass is 16.5. The van der Waals surface area contributed by atoms with E-state index in [1.54, 1.807) is 7.11 Å². The predicted molar refractivity (Wildman–Crippen MR) is 59.3 cm³/mol. The minimum atomic E-state index is 0.569. The Hall–Kier alpha value is -0.120. The van der Waals surface area contributed by atoms with Gasteiger partial charge in [0.25, 0.3) is 0 Å². The van der Waals surface area contributed by atoms with Crippen molar-refractivity contribution in [3.63, 3.8) is 0 Å². The van der Waals surface area contributed by atoms with Crippen LogP contribution in [0.4, 0.5) is 0 Å². The lowest BCUT2D eigenvalue weighted by Crippen LogP contribution is -2.47. The summed E-state index contributed by atoms with van der Waals surface area (Å²) in [5.41, 5.74) is 5.84. The molecular weight excluding hydrogens is 176 g/mol. The summed E-state index contributed by atoms with van der Waals surface area (Å²) in [5, 5.41) is 0. The van der Waals surface area contributed by atoms with E-state index in [1.165, 1.54) is 12.8 Å². The Balaban J connectivity index is 2.45. The van der Waals surface area contributed by atoms with Crippen molar-refractivity contribution >= 4 is 0 Å². The van der Waals surface area contributed by atoms with Crippen LogP contribution in [0, 0.1) is 5.92 Å². The molecule has 0 spiro atoms. The molecule has 0 radical (unpaired) electrons. The van der Waals surface area contributed by atoms with Gasteiger partial charge in [-0.2, -0.15) is 0 Å². The van der Waals surface area contributed by atoms with Gasteiger partial charge in [-0.15, -0.1) is 0 Å². The third-order valence-corrected chi connectivity index (χ3v) is 3.05. The summed E-state index contributed by atoms with van der Waals surface area (Å²) >= 11 is 0. The molecule has 1 aliphatic rings. The summed E-state index contributed by atoms with van der Waals surface area (Å²) < 4.78 is 5.13. The lowest BCUT2D eigenvalue weighted by molar-refractivity contribution is 0.0894. The fourth-order valence-corrected chi connectivity index (χ4v) is 2.08. The number of hydrogen-bond donors (Lipinski definition) is 1. The number of ether oxygens (including phenoxy) is 1. The van der Waals surface area contributed by atoms with E-state index < -0.39 is 0 Å². The van der Waals surface area contributed by atoms with Crippen molar-refractivity contribution in [1.82, 2.24) is 4.90 Å². The van der Waals surface area contributed by atoms with Crippen LogP contribution in [0.3, 0.4) is 0 Å². The summed E-state index contributed by atoms with van der Waals surface area (Å²) in [7, 11) is 1.76. The van der Waals surface area contributed by atoms with Crippen LogP contribution in [-0.2, 0) is 4.74 Å². The van der Waals surface area contributed by atoms with Crippen LogP contribution in [0.15, 0.2) is 0 Å². The lowest BCUT2D eigenvalue weighted by Gasteiger charge is -2.34. The van der Waals surface area contributed by atoms with Gasteiger partial charge in [0.2, 0.25) is 0 Å². The van der Waals surface area contributed by atoms with Crippen LogP contribution in [0.25, 0.3) is 0 Å². The molecule has 0 bridgehead atoms. The van der Waals surface area contributed by atoms with Crippen LogP contribution in [0.5, 0.6) is 0 Å². The molecule has 0 heterocycles. The summed E-state index contributed by atoms with van der Waals surface area (Å²) in [6.45, 7) is 7.07. The molecule has 1 rings (SSSR count). The Morgan fingerprint density at radius 2 is 2.07 bits per heavy atom. The molecule has 1 atom stereocenters. The molecule has 0 aliphatic heterocycles. The van der Waals surface area contributed by atoms with E-state index in [-0.39, 0.29) is 0 Å². The number of nitrogens with two attached hydrogens (primary N) is 1. The topological polar surface area (TPSA) is 38.5 Å². The second kappa shape index (κ2) is 5.69. The average molecular weight is 200 g/mol. The van der Waals surface area contributed by atoms with Gasteiger partial charge in [0, 0.05) is 32.3 Å². The zero-order chi connectivity index (χ0) is 10.6. The first-order valence-corrected chi connectivity index (χ1v) is 5.65. The predicted octanol–water partition coefficient (Wildman–Crippen LogP) is 1.08. The molecule has 2 N–H and O–H groups in total. The maximum absolute atomic E-state index is 5.84. The third kappa shape index (κ3) is 3.23. The average Bonchev–Trinajstić information content (AvgIpc) is 2.95. The summed E-state index contributed by atoms with van der Waals surface area (Å²) in [4.78, 5) is 2.49. The molecule has 0 aromatic rings. The smallest absolute Gasteiger partial charge is 0.0589 e. The number of hydrogen-bond acceptors (Lipinski definition) is 3. The first kappa shape index (κ1) is 12.0. The van der Waals surface area contributed by atoms with Gasteiger partial charge in [-0.1, -0.05) is 0 Å². The van der Waals surface area contributed by atoms with Gasteiger partial charge in [0.1, 0.15) is 0 Å². The Morgan fingerprint density at radius 1 is 1.43 bits per heavy atom. The number of rotatable bonds is 7. The Kier molecular flexibility index (Phi) is 4.85. The van der Waals surface area contributed by atoms with Crippen molar-refractivity contribution in [2.45, 2.75) is 38.8 Å². The van der Waals surface area contributed by atoms with Crippen molar-refractivity contribution in [3.8, 4) is 0 Å². The zero-order valence-corrected chi connectivity index (χ0v) is 9.70. The highest BCUT2D eigenvalue weighted by Gasteiger charge is 2.34. The highest BCUT2D eigenvalue weighted by molar-refractivity contribution is 4.90. The Morgan fingerprint density at radius 3 is 2.43 bits per heavy atom. The summed E-state index contributed by atoms with van der Waals surface area (Å²) in [6, 6.07) is 1.14. The van der Waals surface area contributed by atoms with Crippen LogP contribution in [-0.4, -0.2) is 43.8 Å². The van der Waals surface area contributed by atoms with E-state index in [1.807, 2.05) is 0 Å². The Bertz CT molecular complexity index is 157. The fourth-order valence-electron chi connectivity index (χ4n) is 2.08. The van der Waals surface area contributed by atoms with Crippen molar-refractivity contribution in [1.29, 1.82) is 0 Å². The summed E-state index contributed by atoms with van der Waals surface area (Å²) in [6.07, 6.45) is 2.72. The van der Waals surface area contributed by atoms with Crippen LogP contribution in [0.2, 0.25) is 0 Å². The van der Waals surface area contributed by atoms with E-state index in [0.29, 0.717) is 12.1 Å². The maximum Gasteiger partial charge on any atom is 0.0589 e. The molecule has 0 aromatic heterocycles. The van der Waals surface area contributed by atoms with Gasteiger partial charge in [0.15, 0.2) is 0 Å². The first-order chi connectivity index (χ1) is 6.70. The Labute approximate surface area is 87.6 Å². The van der Waals surface area contributed by atoms with Crippen LogP contribution >= 0.6 is 0 Å². The van der Waals surface area contributed by atoms with Gasteiger partial charge in [-0.3, -0.25) is 4.90 Å². The second-order valence-electron chi connectivity index (χ2n) is 4.46. The van der Waals surface area contributed by atoms with Crippen molar-refractivity contribution in [2.24, 2.45) is 11.7 Å². The van der Waals surface area contributed by atoms with E-state index in [2.05, 4.69) is 18.7 Å². The largest absolute Gasteiger partial charge is 0.383 e. The molecule has 0 saturated heterocycles. The first-order valence-electron chi connectivity index (χ1n) is 5.65. The minimum Gasteiger partial charge on any atom is -0.383 e. The molecule has 0 aromatic carbocycles. The van der Waals surface area contributed by atoms with E-state index >= 15 is 0 Å². The molecule has 1 saturated carbocycles. The van der Waals surface area contributed by atoms with E-state index in [9.17, 15) is 0 Å². The highest BCUT2D eigenvalue weighted by Crippen LogP contribution is 2.35. The molecule has 1 fully saturated rings. The maximum atomic E-state index is 5.84. The molecule has 84 valence electrons. The van der Waals surface area contributed by atoms with Crippen molar-refractivity contribution < 1.29 is 4.74 Å². The van der Waals surface area contributed by atoms with Crippen molar-refractivity contribution in [3.05, 3.63) is 0 Å². The summed E-state index contributed by atoms with van der Waals surface area (Å²) in [5.74, 6) is 0.847. The van der Waals surface area contributed by atoms with E-state index in [4.69, 9.17) is 10.5 Å². The SMILES string of the molecule is COCCN(C(C)C)C(CN)C1CC1. The molecule has 1 unspecified atom stereocenters. The number of nitrogens with zero attached hydrogens (tertiary/aromatic N) is 1. The molecule has 3 nitrogen and oxygen atoms in total. The van der Waals surface area contributed by atoms with Gasteiger partial charge >= 0.3 is 0 Å².